The molecule has 1 N–H and O–H groups in total. The molecule has 112 valence electrons. The van der Waals surface area contributed by atoms with Crippen LogP contribution < -0.4 is 0 Å². The number of Topliss-reactive ketones (excluding diaryl/α,β-unsaturated/α-hetero) is 1. The molecule has 0 aromatic carbocycles. The highest BCUT2D eigenvalue weighted by atomic mass is 16.4. The van der Waals surface area contributed by atoms with E-state index in [1.54, 1.807) is 0 Å². The number of carboxylic acid groups (broad SMARTS) is 1. The monoisotopic (exact) mass is 278 g/mol. The van der Waals surface area contributed by atoms with Gasteiger partial charge in [0.05, 0.1) is 0 Å². The number of ketones is 1. The van der Waals surface area contributed by atoms with Gasteiger partial charge >= 0.3 is 5.97 Å². The van der Waals surface area contributed by atoms with Crippen molar-refractivity contribution in [2.75, 3.05) is 0 Å². The van der Waals surface area contributed by atoms with Crippen LogP contribution in [0.2, 0.25) is 0 Å². The van der Waals surface area contributed by atoms with Crippen LogP contribution in [0.3, 0.4) is 0 Å². The average Bonchev–Trinajstić information content (AvgIpc) is 3.02. The Kier molecular flexibility index (Phi) is 5.38. The van der Waals surface area contributed by atoms with E-state index in [1.807, 2.05) is 6.92 Å². The fourth-order valence-electron chi connectivity index (χ4n) is 4.23. The molecule has 2 rings (SSSR count). The minimum atomic E-state index is -0.722. The lowest BCUT2D eigenvalue weighted by Gasteiger charge is -2.29. The van der Waals surface area contributed by atoms with Gasteiger partial charge in [0, 0.05) is 18.8 Å². The van der Waals surface area contributed by atoms with Crippen LogP contribution in [0.5, 0.6) is 0 Å². The second-order valence-electron chi connectivity index (χ2n) is 6.34. The van der Waals surface area contributed by atoms with Crippen LogP contribution in [0.4, 0.5) is 0 Å². The number of unbranched alkanes of at least 4 members (excludes halogenated alkanes) is 1. The van der Waals surface area contributed by atoms with E-state index in [4.69, 9.17) is 5.11 Å². The number of aliphatic carboxylic acids is 1. The number of rotatable bonds is 8. The van der Waals surface area contributed by atoms with Gasteiger partial charge in [-0.25, -0.2) is 0 Å². The highest BCUT2D eigenvalue weighted by Crippen LogP contribution is 2.54. The van der Waals surface area contributed by atoms with Crippen LogP contribution in [0.1, 0.15) is 58.3 Å². The molecule has 20 heavy (non-hydrogen) atoms. The molecule has 2 saturated carbocycles. The van der Waals surface area contributed by atoms with E-state index < -0.39 is 5.97 Å². The zero-order valence-electron chi connectivity index (χ0n) is 12.4. The molecule has 2 bridgehead atoms. The van der Waals surface area contributed by atoms with E-state index >= 15 is 0 Å². The van der Waals surface area contributed by atoms with E-state index in [1.165, 1.54) is 19.3 Å². The number of carbonyl (C=O) groups excluding carboxylic acids is 1. The van der Waals surface area contributed by atoms with Crippen molar-refractivity contribution in [1.29, 1.82) is 0 Å². The molecule has 3 nitrogen and oxygen atoms in total. The van der Waals surface area contributed by atoms with Crippen LogP contribution in [0.15, 0.2) is 12.2 Å². The van der Waals surface area contributed by atoms with Crippen LogP contribution in [0.25, 0.3) is 0 Å². The maximum Gasteiger partial charge on any atom is 0.303 e. The molecule has 0 radical (unpaired) electrons. The first kappa shape index (κ1) is 15.3. The van der Waals surface area contributed by atoms with Gasteiger partial charge in [-0.15, -0.1) is 0 Å². The summed E-state index contributed by atoms with van der Waals surface area (Å²) >= 11 is 0. The predicted molar refractivity (Wildman–Crippen MR) is 78.4 cm³/mol. The van der Waals surface area contributed by atoms with Crippen LogP contribution in [0, 0.1) is 23.7 Å². The average molecular weight is 278 g/mol. The van der Waals surface area contributed by atoms with Gasteiger partial charge in [-0.1, -0.05) is 19.1 Å². The Morgan fingerprint density at radius 1 is 1.20 bits per heavy atom. The summed E-state index contributed by atoms with van der Waals surface area (Å²) in [5, 5.41) is 8.58. The van der Waals surface area contributed by atoms with Crippen molar-refractivity contribution in [3.05, 3.63) is 12.2 Å². The Hall–Kier alpha value is -1.12. The third kappa shape index (κ3) is 3.50. The zero-order chi connectivity index (χ0) is 14.5. The van der Waals surface area contributed by atoms with Gasteiger partial charge in [0.1, 0.15) is 5.78 Å². The van der Waals surface area contributed by atoms with E-state index in [9.17, 15) is 9.59 Å². The summed E-state index contributed by atoms with van der Waals surface area (Å²) in [4.78, 5) is 22.6. The molecule has 2 fully saturated rings. The number of hydrogen-bond acceptors (Lipinski definition) is 2. The smallest absolute Gasteiger partial charge is 0.303 e. The lowest BCUT2D eigenvalue weighted by atomic mass is 9.75. The Labute approximate surface area is 121 Å². The van der Waals surface area contributed by atoms with E-state index in [0.717, 1.165) is 18.8 Å². The summed E-state index contributed by atoms with van der Waals surface area (Å²) in [6.07, 6.45) is 11.6. The van der Waals surface area contributed by atoms with Crippen molar-refractivity contribution in [1.82, 2.24) is 0 Å². The molecule has 0 amide bonds. The Morgan fingerprint density at radius 3 is 2.65 bits per heavy atom. The number of allylic oxidation sites excluding steroid dienone is 2. The Bertz CT molecular complexity index is 386. The maximum atomic E-state index is 12.1. The summed E-state index contributed by atoms with van der Waals surface area (Å²) in [6, 6.07) is 0. The molecule has 4 atom stereocenters. The number of carbonyl (C=O) groups is 2. The number of fused-ring (bicyclic) bond motifs is 2. The van der Waals surface area contributed by atoms with Crippen LogP contribution in [-0.4, -0.2) is 16.9 Å². The second-order valence-corrected chi connectivity index (χ2v) is 6.34. The van der Waals surface area contributed by atoms with E-state index in [2.05, 4.69) is 12.2 Å². The molecule has 0 aromatic heterocycles. The van der Waals surface area contributed by atoms with Crippen molar-refractivity contribution in [3.63, 3.8) is 0 Å². The fraction of sp³-hybridized carbons (Fsp3) is 0.765. The van der Waals surface area contributed by atoms with Gasteiger partial charge in [-0.3, -0.25) is 9.59 Å². The lowest BCUT2D eigenvalue weighted by molar-refractivity contribution is -0.137. The largest absolute Gasteiger partial charge is 0.481 e. The van der Waals surface area contributed by atoms with Crippen molar-refractivity contribution < 1.29 is 14.7 Å². The highest BCUT2D eigenvalue weighted by molar-refractivity contribution is 5.81. The first-order valence-corrected chi connectivity index (χ1v) is 8.03. The highest BCUT2D eigenvalue weighted by Gasteiger charge is 2.49. The standard InChI is InChI=1S/C17H26O3/c1-2-15(18)17-13-10-9-12(11-13)14(17)7-5-3-4-6-8-16(19)20/h3,5,12-14,17H,2,4,6-11H2,1H3,(H,19,20). The molecule has 2 aliphatic carbocycles. The van der Waals surface area contributed by atoms with Gasteiger partial charge in [0.2, 0.25) is 0 Å². The Balaban J connectivity index is 1.80. The third-order valence-corrected chi connectivity index (χ3v) is 5.14. The molecule has 2 aliphatic rings. The van der Waals surface area contributed by atoms with Gasteiger partial charge in [0.25, 0.3) is 0 Å². The van der Waals surface area contributed by atoms with Gasteiger partial charge in [-0.05, 0) is 56.3 Å². The maximum absolute atomic E-state index is 12.1. The molecule has 0 spiro atoms. The second kappa shape index (κ2) is 7.05. The molecule has 0 saturated heterocycles. The van der Waals surface area contributed by atoms with Gasteiger partial charge < -0.3 is 5.11 Å². The summed E-state index contributed by atoms with van der Waals surface area (Å²) < 4.78 is 0. The molecular weight excluding hydrogens is 252 g/mol. The van der Waals surface area contributed by atoms with E-state index in [-0.39, 0.29) is 6.42 Å². The zero-order valence-corrected chi connectivity index (χ0v) is 12.4. The SMILES string of the molecule is CCC(=O)C1C2CCC(C2)C1CC=CCCCC(=O)O. The van der Waals surface area contributed by atoms with Gasteiger partial charge in [0.15, 0.2) is 0 Å². The van der Waals surface area contributed by atoms with Crippen molar-refractivity contribution >= 4 is 11.8 Å². The van der Waals surface area contributed by atoms with Gasteiger partial charge in [-0.2, -0.15) is 0 Å². The summed E-state index contributed by atoms with van der Waals surface area (Å²) in [7, 11) is 0. The normalized spacial score (nSPS) is 32.0. The third-order valence-electron chi connectivity index (χ3n) is 5.14. The topological polar surface area (TPSA) is 54.4 Å². The summed E-state index contributed by atoms with van der Waals surface area (Å²) in [5.74, 6) is 2.00. The molecule has 0 heterocycles. The molecule has 0 aromatic rings. The van der Waals surface area contributed by atoms with Crippen molar-refractivity contribution in [2.24, 2.45) is 23.7 Å². The summed E-state index contributed by atoms with van der Waals surface area (Å²) in [6.45, 7) is 1.98. The lowest BCUT2D eigenvalue weighted by Crippen LogP contribution is -2.28. The minimum absolute atomic E-state index is 0.245. The summed E-state index contributed by atoms with van der Waals surface area (Å²) in [5.41, 5.74) is 0. The molecular formula is C17H26O3. The molecule has 4 unspecified atom stereocenters. The van der Waals surface area contributed by atoms with Crippen LogP contribution >= 0.6 is 0 Å². The minimum Gasteiger partial charge on any atom is -0.481 e. The molecule has 0 aliphatic heterocycles. The number of carboxylic acids is 1. The molecule has 3 heteroatoms. The Morgan fingerprint density at radius 2 is 1.95 bits per heavy atom. The first-order valence-electron chi connectivity index (χ1n) is 8.03. The van der Waals surface area contributed by atoms with E-state index in [0.29, 0.717) is 36.4 Å². The fourth-order valence-corrected chi connectivity index (χ4v) is 4.23. The first-order chi connectivity index (χ1) is 9.63. The quantitative estimate of drug-likeness (QED) is 0.542. The van der Waals surface area contributed by atoms with Crippen molar-refractivity contribution in [2.45, 2.75) is 58.3 Å². The predicted octanol–water partition coefficient (Wildman–Crippen LogP) is 3.83. The number of hydrogen-bond donors (Lipinski definition) is 1. The van der Waals surface area contributed by atoms with Crippen molar-refractivity contribution in [3.8, 4) is 0 Å². The van der Waals surface area contributed by atoms with Crippen LogP contribution in [-0.2, 0) is 9.59 Å².